The number of hydrogen-bond donors (Lipinski definition) is 1. The minimum absolute atomic E-state index is 0.0239. The van der Waals surface area contributed by atoms with E-state index in [4.69, 9.17) is 16.3 Å². The zero-order valence-corrected chi connectivity index (χ0v) is 9.24. The first-order chi connectivity index (χ1) is 7.04. The predicted molar refractivity (Wildman–Crippen MR) is 56.3 cm³/mol. The number of nitrogens with one attached hydrogen (secondary N) is 1. The Kier molecular flexibility index (Phi) is 4.29. The van der Waals surface area contributed by atoms with Gasteiger partial charge in [-0.3, -0.25) is 0 Å². The summed E-state index contributed by atoms with van der Waals surface area (Å²) in [5.41, 5.74) is 0.0990. The third kappa shape index (κ3) is 3.32. The molecule has 0 spiro atoms. The summed E-state index contributed by atoms with van der Waals surface area (Å²) in [5, 5.41) is 2.78. The van der Waals surface area contributed by atoms with Gasteiger partial charge in [-0.2, -0.15) is 0 Å². The molecule has 2 nitrogen and oxygen atoms in total. The summed E-state index contributed by atoms with van der Waals surface area (Å²) in [5.74, 6) is -1.40. The summed E-state index contributed by atoms with van der Waals surface area (Å²) in [6.07, 6.45) is -0.0782. The molecule has 0 aliphatic heterocycles. The number of benzene rings is 1. The maximum absolute atomic E-state index is 13.2. The first-order valence-corrected chi connectivity index (χ1v) is 4.83. The van der Waals surface area contributed by atoms with Crippen LogP contribution in [-0.4, -0.2) is 19.8 Å². The Bertz CT molecular complexity index is 323. The molecule has 0 amide bonds. The van der Waals surface area contributed by atoms with Gasteiger partial charge >= 0.3 is 0 Å². The van der Waals surface area contributed by atoms with Gasteiger partial charge in [0.05, 0.1) is 16.8 Å². The standard InChI is InChI=1S/C10H12ClF2NO/c1-6(15-2)5-14-10-8(11)3-7(12)4-9(10)13/h3-4,6,14H,5H2,1-2H3. The largest absolute Gasteiger partial charge is 0.380 e. The van der Waals surface area contributed by atoms with Crippen molar-refractivity contribution in [3.8, 4) is 0 Å². The van der Waals surface area contributed by atoms with Crippen LogP contribution in [0.25, 0.3) is 0 Å². The molecule has 1 unspecified atom stereocenters. The molecule has 15 heavy (non-hydrogen) atoms. The molecular formula is C10H12ClF2NO. The molecule has 0 heterocycles. The van der Waals surface area contributed by atoms with E-state index in [1.165, 1.54) is 0 Å². The second-order valence-electron chi connectivity index (χ2n) is 3.17. The van der Waals surface area contributed by atoms with E-state index in [1.807, 2.05) is 6.92 Å². The minimum Gasteiger partial charge on any atom is -0.380 e. The SMILES string of the molecule is COC(C)CNc1c(F)cc(F)cc1Cl. The average molecular weight is 236 g/mol. The number of ether oxygens (including phenoxy) is 1. The van der Waals surface area contributed by atoms with Crippen LogP contribution in [-0.2, 0) is 4.74 Å². The summed E-state index contributed by atoms with van der Waals surface area (Å²) >= 11 is 5.68. The Morgan fingerprint density at radius 3 is 2.67 bits per heavy atom. The van der Waals surface area contributed by atoms with Crippen molar-refractivity contribution in [3.63, 3.8) is 0 Å². The fraction of sp³-hybridized carbons (Fsp3) is 0.400. The van der Waals surface area contributed by atoms with E-state index in [1.54, 1.807) is 7.11 Å². The lowest BCUT2D eigenvalue weighted by Gasteiger charge is -2.13. The van der Waals surface area contributed by atoms with Crippen LogP contribution in [0.3, 0.4) is 0 Å². The van der Waals surface area contributed by atoms with Crippen molar-refractivity contribution in [3.05, 3.63) is 28.8 Å². The summed E-state index contributed by atoms with van der Waals surface area (Å²) in [7, 11) is 1.55. The maximum Gasteiger partial charge on any atom is 0.150 e. The van der Waals surface area contributed by atoms with Gasteiger partial charge in [-0.25, -0.2) is 8.78 Å². The molecule has 0 saturated carbocycles. The fourth-order valence-corrected chi connectivity index (χ4v) is 1.30. The van der Waals surface area contributed by atoms with E-state index in [0.717, 1.165) is 12.1 Å². The van der Waals surface area contributed by atoms with Gasteiger partial charge in [0.15, 0.2) is 5.82 Å². The highest BCUT2D eigenvalue weighted by Crippen LogP contribution is 2.26. The van der Waals surface area contributed by atoms with Gasteiger partial charge in [-0.15, -0.1) is 0 Å². The van der Waals surface area contributed by atoms with E-state index in [2.05, 4.69) is 5.32 Å². The number of anilines is 1. The number of hydrogen-bond acceptors (Lipinski definition) is 2. The van der Waals surface area contributed by atoms with Gasteiger partial charge in [0.25, 0.3) is 0 Å². The molecule has 1 N–H and O–H groups in total. The molecule has 1 aromatic rings. The van der Waals surface area contributed by atoms with Crippen molar-refractivity contribution in [2.24, 2.45) is 0 Å². The van der Waals surface area contributed by atoms with Crippen LogP contribution in [0, 0.1) is 11.6 Å². The van der Waals surface area contributed by atoms with Crippen molar-refractivity contribution >= 4 is 17.3 Å². The summed E-state index contributed by atoms with van der Waals surface area (Å²) in [6.45, 7) is 2.22. The first kappa shape index (κ1) is 12.2. The van der Waals surface area contributed by atoms with E-state index in [9.17, 15) is 8.78 Å². The highest BCUT2D eigenvalue weighted by atomic mass is 35.5. The average Bonchev–Trinajstić information content (AvgIpc) is 2.15. The Labute approximate surface area is 92.2 Å². The lowest BCUT2D eigenvalue weighted by atomic mass is 10.2. The van der Waals surface area contributed by atoms with Crippen molar-refractivity contribution in [2.75, 3.05) is 19.0 Å². The number of rotatable bonds is 4. The first-order valence-electron chi connectivity index (χ1n) is 4.45. The highest BCUT2D eigenvalue weighted by Gasteiger charge is 2.10. The van der Waals surface area contributed by atoms with Crippen molar-refractivity contribution in [1.29, 1.82) is 0 Å². The lowest BCUT2D eigenvalue weighted by Crippen LogP contribution is -2.18. The molecule has 1 rings (SSSR count). The third-order valence-electron chi connectivity index (χ3n) is 1.98. The molecule has 0 aliphatic carbocycles. The molecule has 0 aliphatic rings. The number of halogens is 3. The molecule has 0 aromatic heterocycles. The molecule has 1 aromatic carbocycles. The maximum atomic E-state index is 13.2. The molecule has 0 bridgehead atoms. The van der Waals surface area contributed by atoms with Crippen LogP contribution in [0.2, 0.25) is 5.02 Å². The second-order valence-corrected chi connectivity index (χ2v) is 3.58. The van der Waals surface area contributed by atoms with Crippen LogP contribution in [0.1, 0.15) is 6.92 Å². The van der Waals surface area contributed by atoms with E-state index < -0.39 is 11.6 Å². The Balaban J connectivity index is 2.77. The van der Waals surface area contributed by atoms with Crippen molar-refractivity contribution in [1.82, 2.24) is 0 Å². The van der Waals surface area contributed by atoms with E-state index in [-0.39, 0.29) is 16.8 Å². The van der Waals surface area contributed by atoms with Crippen LogP contribution in [0.5, 0.6) is 0 Å². The summed E-state index contributed by atoms with van der Waals surface area (Å²) < 4.78 is 30.9. The molecule has 0 saturated heterocycles. The summed E-state index contributed by atoms with van der Waals surface area (Å²) in [6, 6.07) is 1.84. The third-order valence-corrected chi connectivity index (χ3v) is 2.27. The molecule has 0 fully saturated rings. The molecule has 0 radical (unpaired) electrons. The summed E-state index contributed by atoms with van der Waals surface area (Å²) in [4.78, 5) is 0. The number of methoxy groups -OCH3 is 1. The monoisotopic (exact) mass is 235 g/mol. The normalized spacial score (nSPS) is 12.6. The van der Waals surface area contributed by atoms with E-state index >= 15 is 0 Å². The second kappa shape index (κ2) is 5.28. The smallest absolute Gasteiger partial charge is 0.150 e. The predicted octanol–water partition coefficient (Wildman–Crippen LogP) is 3.07. The zero-order chi connectivity index (χ0) is 11.4. The molecule has 1 atom stereocenters. The topological polar surface area (TPSA) is 21.3 Å². The van der Waals surface area contributed by atoms with Gasteiger partial charge in [0.2, 0.25) is 0 Å². The minimum atomic E-state index is -0.705. The van der Waals surface area contributed by atoms with Gasteiger partial charge in [-0.1, -0.05) is 11.6 Å². The van der Waals surface area contributed by atoms with Gasteiger partial charge in [0.1, 0.15) is 5.82 Å². The quantitative estimate of drug-likeness (QED) is 0.866. The van der Waals surface area contributed by atoms with Gasteiger partial charge in [-0.05, 0) is 13.0 Å². The van der Waals surface area contributed by atoms with E-state index in [0.29, 0.717) is 6.54 Å². The Morgan fingerprint density at radius 2 is 2.13 bits per heavy atom. The molecular weight excluding hydrogens is 224 g/mol. The van der Waals surface area contributed by atoms with Crippen molar-refractivity contribution < 1.29 is 13.5 Å². The highest BCUT2D eigenvalue weighted by molar-refractivity contribution is 6.33. The van der Waals surface area contributed by atoms with Gasteiger partial charge < -0.3 is 10.1 Å². The zero-order valence-electron chi connectivity index (χ0n) is 8.48. The van der Waals surface area contributed by atoms with Crippen LogP contribution in [0.15, 0.2) is 12.1 Å². The fourth-order valence-electron chi connectivity index (χ4n) is 1.04. The molecule has 84 valence electrons. The van der Waals surface area contributed by atoms with Crippen LogP contribution < -0.4 is 5.32 Å². The van der Waals surface area contributed by atoms with Crippen molar-refractivity contribution in [2.45, 2.75) is 13.0 Å². The van der Waals surface area contributed by atoms with Crippen LogP contribution >= 0.6 is 11.6 Å². The molecule has 5 heteroatoms. The Morgan fingerprint density at radius 1 is 1.47 bits per heavy atom. The van der Waals surface area contributed by atoms with Crippen LogP contribution in [0.4, 0.5) is 14.5 Å². The van der Waals surface area contributed by atoms with Gasteiger partial charge in [0, 0.05) is 19.7 Å². The lowest BCUT2D eigenvalue weighted by molar-refractivity contribution is 0.128. The Hall–Kier alpha value is -0.870.